The van der Waals surface area contributed by atoms with Gasteiger partial charge in [0.15, 0.2) is 0 Å². The van der Waals surface area contributed by atoms with Crippen LogP contribution in [0.15, 0.2) is 35.5 Å². The summed E-state index contributed by atoms with van der Waals surface area (Å²) in [4.78, 5) is 21.7. The van der Waals surface area contributed by atoms with Gasteiger partial charge in [-0.25, -0.2) is 4.99 Å². The van der Waals surface area contributed by atoms with Gasteiger partial charge in [0.05, 0.1) is 6.61 Å². The standard InChI is InChI=1S/C21H22N4O3/c1-12-7-13(2)17(23-9-12)18(26)24-14-3-4-16-15(8-14)21(11-28-19(22)25-21)20(5-6-20)10-27-16/h3-4,7-9H,5-6,10-11H2,1-2H3,(H2,22,25)(H,24,26). The van der Waals surface area contributed by atoms with Crippen molar-refractivity contribution in [2.24, 2.45) is 16.1 Å². The highest BCUT2D eigenvalue weighted by Gasteiger charge is 2.66. The summed E-state index contributed by atoms with van der Waals surface area (Å²) >= 11 is 0. The molecular weight excluding hydrogens is 356 g/mol. The van der Waals surface area contributed by atoms with E-state index in [9.17, 15) is 4.79 Å². The van der Waals surface area contributed by atoms with Crippen molar-refractivity contribution in [1.29, 1.82) is 0 Å². The summed E-state index contributed by atoms with van der Waals surface area (Å²) in [6.45, 7) is 4.85. The van der Waals surface area contributed by atoms with Gasteiger partial charge in [-0.15, -0.1) is 0 Å². The molecule has 7 heteroatoms. The van der Waals surface area contributed by atoms with Crippen LogP contribution in [0.25, 0.3) is 0 Å². The van der Waals surface area contributed by atoms with Gasteiger partial charge in [0.1, 0.15) is 23.6 Å². The molecular formula is C21H22N4O3. The number of carbonyl (C=O) groups is 1. The lowest BCUT2D eigenvalue weighted by Gasteiger charge is -2.39. The molecule has 28 heavy (non-hydrogen) atoms. The molecule has 3 heterocycles. The number of rotatable bonds is 2. The van der Waals surface area contributed by atoms with Gasteiger partial charge in [0, 0.05) is 22.9 Å². The maximum atomic E-state index is 12.7. The molecule has 3 aliphatic rings. The van der Waals surface area contributed by atoms with Gasteiger partial charge in [0.2, 0.25) is 0 Å². The molecule has 144 valence electrons. The Morgan fingerprint density at radius 2 is 2.00 bits per heavy atom. The van der Waals surface area contributed by atoms with Crippen molar-refractivity contribution in [3.05, 3.63) is 52.8 Å². The highest BCUT2D eigenvalue weighted by Crippen LogP contribution is 2.65. The molecule has 3 N–H and O–H groups in total. The summed E-state index contributed by atoms with van der Waals surface area (Å²) in [5.41, 5.74) is 9.14. The molecule has 0 saturated heterocycles. The van der Waals surface area contributed by atoms with Crippen molar-refractivity contribution in [3.63, 3.8) is 0 Å². The molecule has 2 spiro atoms. The lowest BCUT2D eigenvalue weighted by Crippen LogP contribution is -2.44. The average molecular weight is 378 g/mol. The fourth-order valence-electron chi connectivity index (χ4n) is 4.37. The first kappa shape index (κ1) is 17.0. The zero-order valence-electron chi connectivity index (χ0n) is 15.9. The molecule has 0 bridgehead atoms. The Morgan fingerprint density at radius 1 is 1.18 bits per heavy atom. The van der Waals surface area contributed by atoms with Crippen LogP contribution in [0.2, 0.25) is 0 Å². The van der Waals surface area contributed by atoms with Gasteiger partial charge in [-0.2, -0.15) is 0 Å². The van der Waals surface area contributed by atoms with E-state index in [2.05, 4.69) is 10.3 Å². The highest BCUT2D eigenvalue weighted by molar-refractivity contribution is 6.04. The second kappa shape index (κ2) is 5.70. The predicted octanol–water partition coefficient (Wildman–Crippen LogP) is 2.66. The maximum Gasteiger partial charge on any atom is 0.283 e. The Bertz CT molecular complexity index is 1030. The summed E-state index contributed by atoms with van der Waals surface area (Å²) < 4.78 is 11.6. The van der Waals surface area contributed by atoms with Crippen LogP contribution in [0.3, 0.4) is 0 Å². The Hall–Kier alpha value is -3.09. The number of nitrogens with one attached hydrogen (secondary N) is 1. The van der Waals surface area contributed by atoms with Crippen LogP contribution in [-0.4, -0.2) is 30.1 Å². The minimum absolute atomic E-state index is 0.0706. The number of nitrogens with zero attached hydrogens (tertiary/aromatic N) is 2. The highest BCUT2D eigenvalue weighted by atomic mass is 16.5. The number of carbonyl (C=O) groups excluding carboxylic acids is 1. The second-order valence-corrected chi connectivity index (χ2v) is 8.01. The van der Waals surface area contributed by atoms with Crippen LogP contribution in [-0.2, 0) is 10.3 Å². The fraction of sp³-hybridized carbons (Fsp3) is 0.381. The first-order chi connectivity index (χ1) is 13.4. The number of nitrogens with two attached hydrogens (primary N) is 1. The topological polar surface area (TPSA) is 98.8 Å². The van der Waals surface area contributed by atoms with Crippen molar-refractivity contribution >= 4 is 17.6 Å². The van der Waals surface area contributed by atoms with Gasteiger partial charge in [0.25, 0.3) is 11.9 Å². The molecule has 1 unspecified atom stereocenters. The van der Waals surface area contributed by atoms with E-state index in [4.69, 9.17) is 20.2 Å². The first-order valence-electron chi connectivity index (χ1n) is 9.43. The number of fused-ring (bicyclic) bond motifs is 3. The number of pyridine rings is 1. The van der Waals surface area contributed by atoms with E-state index >= 15 is 0 Å². The van der Waals surface area contributed by atoms with Crippen LogP contribution in [0.5, 0.6) is 5.75 Å². The summed E-state index contributed by atoms with van der Waals surface area (Å²) in [6.07, 6.45) is 3.74. The number of benzene rings is 1. The van der Waals surface area contributed by atoms with E-state index in [0.29, 0.717) is 24.6 Å². The molecule has 1 aliphatic carbocycles. The zero-order chi connectivity index (χ0) is 19.5. The van der Waals surface area contributed by atoms with Crippen molar-refractivity contribution in [2.75, 3.05) is 18.5 Å². The van der Waals surface area contributed by atoms with E-state index < -0.39 is 5.54 Å². The van der Waals surface area contributed by atoms with Crippen LogP contribution < -0.4 is 15.8 Å². The summed E-state index contributed by atoms with van der Waals surface area (Å²) in [6, 6.07) is 7.81. The van der Waals surface area contributed by atoms with Gasteiger partial charge in [-0.05, 0) is 56.0 Å². The molecule has 1 atom stereocenters. The molecule has 1 amide bonds. The smallest absolute Gasteiger partial charge is 0.283 e. The minimum Gasteiger partial charge on any atom is -0.493 e. The number of amidine groups is 1. The Balaban J connectivity index is 1.51. The van der Waals surface area contributed by atoms with E-state index in [-0.39, 0.29) is 17.3 Å². The third-order valence-corrected chi connectivity index (χ3v) is 6.08. The summed E-state index contributed by atoms with van der Waals surface area (Å²) in [5.74, 6) is 0.525. The molecule has 1 fully saturated rings. The Labute approximate surface area is 163 Å². The molecule has 0 radical (unpaired) electrons. The second-order valence-electron chi connectivity index (χ2n) is 8.01. The minimum atomic E-state index is -0.538. The lowest BCUT2D eigenvalue weighted by molar-refractivity contribution is 0.0871. The lowest BCUT2D eigenvalue weighted by atomic mass is 9.74. The predicted molar refractivity (Wildman–Crippen MR) is 105 cm³/mol. The van der Waals surface area contributed by atoms with Gasteiger partial charge in [-0.1, -0.05) is 6.07 Å². The molecule has 2 aromatic rings. The average Bonchev–Trinajstić information content (AvgIpc) is 3.34. The largest absolute Gasteiger partial charge is 0.493 e. The third kappa shape index (κ3) is 2.38. The number of hydrogen-bond donors (Lipinski definition) is 2. The van der Waals surface area contributed by atoms with Crippen LogP contribution in [0, 0.1) is 19.3 Å². The number of anilines is 1. The zero-order valence-corrected chi connectivity index (χ0v) is 15.9. The monoisotopic (exact) mass is 378 g/mol. The van der Waals surface area contributed by atoms with Gasteiger partial charge < -0.3 is 20.5 Å². The number of aryl methyl sites for hydroxylation is 2. The molecule has 1 aromatic heterocycles. The summed E-state index contributed by atoms with van der Waals surface area (Å²) in [5, 5.41) is 2.96. The quantitative estimate of drug-likeness (QED) is 0.837. The molecule has 1 aromatic carbocycles. The van der Waals surface area contributed by atoms with E-state index in [1.54, 1.807) is 6.20 Å². The first-order valence-corrected chi connectivity index (χ1v) is 9.43. The molecule has 5 rings (SSSR count). The Morgan fingerprint density at radius 3 is 2.68 bits per heavy atom. The molecule has 7 nitrogen and oxygen atoms in total. The van der Waals surface area contributed by atoms with Gasteiger partial charge >= 0.3 is 0 Å². The molecule has 2 aliphatic heterocycles. The van der Waals surface area contributed by atoms with Crippen molar-refractivity contribution in [1.82, 2.24) is 4.98 Å². The van der Waals surface area contributed by atoms with Crippen LogP contribution in [0.1, 0.15) is 40.0 Å². The third-order valence-electron chi connectivity index (χ3n) is 6.08. The fourth-order valence-corrected chi connectivity index (χ4v) is 4.37. The number of ether oxygens (including phenoxy) is 2. The normalized spacial score (nSPS) is 23.6. The van der Waals surface area contributed by atoms with Crippen molar-refractivity contribution < 1.29 is 14.3 Å². The molecule has 1 saturated carbocycles. The van der Waals surface area contributed by atoms with Crippen LogP contribution in [0.4, 0.5) is 5.69 Å². The van der Waals surface area contributed by atoms with E-state index in [0.717, 1.165) is 35.3 Å². The number of aromatic nitrogens is 1. The maximum absolute atomic E-state index is 12.7. The number of aliphatic imine (C=N–C) groups is 1. The number of hydrogen-bond acceptors (Lipinski definition) is 6. The van der Waals surface area contributed by atoms with Crippen molar-refractivity contribution in [3.8, 4) is 5.75 Å². The van der Waals surface area contributed by atoms with Gasteiger partial charge in [-0.3, -0.25) is 9.78 Å². The number of amides is 1. The summed E-state index contributed by atoms with van der Waals surface area (Å²) in [7, 11) is 0. The Kier molecular flexibility index (Phi) is 3.47. The van der Waals surface area contributed by atoms with E-state index in [1.165, 1.54) is 0 Å². The SMILES string of the molecule is Cc1cnc(C(=O)Nc2ccc3c(c2)C2(COC(N)=N2)C2(CC2)CO3)c(C)c1. The van der Waals surface area contributed by atoms with Crippen molar-refractivity contribution in [2.45, 2.75) is 32.2 Å². The van der Waals surface area contributed by atoms with Crippen LogP contribution >= 0.6 is 0 Å². The van der Waals surface area contributed by atoms with E-state index in [1.807, 2.05) is 38.1 Å².